The van der Waals surface area contributed by atoms with Crippen LogP contribution in [-0.2, 0) is 11.3 Å². The fourth-order valence-corrected chi connectivity index (χ4v) is 1.41. The summed E-state index contributed by atoms with van der Waals surface area (Å²) >= 11 is 0. The van der Waals surface area contributed by atoms with Crippen molar-refractivity contribution in [3.63, 3.8) is 0 Å². The van der Waals surface area contributed by atoms with E-state index in [-0.39, 0.29) is 5.91 Å². The molecule has 1 rings (SSSR count). The van der Waals surface area contributed by atoms with Crippen molar-refractivity contribution in [2.45, 2.75) is 13.5 Å². The first kappa shape index (κ1) is 13.5. The minimum Gasteiger partial charge on any atom is -0.378 e. The summed E-state index contributed by atoms with van der Waals surface area (Å²) in [4.78, 5) is 13.4. The number of benzene rings is 1. The normalized spacial score (nSPS) is 10.1. The first-order valence-corrected chi connectivity index (χ1v) is 5.87. The molecule has 0 saturated carbocycles. The molecule has 0 unspecified atom stereocenters. The Kier molecular flexibility index (Phi) is 5.49. The van der Waals surface area contributed by atoms with Crippen molar-refractivity contribution in [3.05, 3.63) is 29.8 Å². The molecule has 0 spiro atoms. The fraction of sp³-hybridized carbons (Fsp3) is 0.462. The Bertz CT molecular complexity index is 346. The Balaban J connectivity index is 2.39. The molecular formula is C13H21N3O. The van der Waals surface area contributed by atoms with Gasteiger partial charge in [-0.15, -0.1) is 0 Å². The molecule has 0 aliphatic heterocycles. The predicted molar refractivity (Wildman–Crippen MR) is 71.2 cm³/mol. The number of nitrogens with one attached hydrogen (secondary N) is 2. The average molecular weight is 235 g/mol. The van der Waals surface area contributed by atoms with Crippen molar-refractivity contribution >= 4 is 11.6 Å². The van der Waals surface area contributed by atoms with Crippen molar-refractivity contribution in [3.8, 4) is 0 Å². The highest BCUT2D eigenvalue weighted by Crippen LogP contribution is 2.11. The third-order valence-electron chi connectivity index (χ3n) is 2.48. The number of carbonyl (C=O) groups excluding carboxylic acids is 1. The molecular weight excluding hydrogens is 214 g/mol. The second-order valence-corrected chi connectivity index (χ2v) is 4.12. The summed E-state index contributed by atoms with van der Waals surface area (Å²) in [5.41, 5.74) is 2.27. The second-order valence-electron chi connectivity index (χ2n) is 4.12. The van der Waals surface area contributed by atoms with E-state index in [1.165, 1.54) is 0 Å². The number of rotatable bonds is 6. The van der Waals surface area contributed by atoms with E-state index in [1.54, 1.807) is 0 Å². The number of carbonyl (C=O) groups is 1. The van der Waals surface area contributed by atoms with Crippen molar-refractivity contribution in [2.75, 3.05) is 32.1 Å². The van der Waals surface area contributed by atoms with Gasteiger partial charge in [0.05, 0.1) is 6.54 Å². The van der Waals surface area contributed by atoms with Crippen LogP contribution in [0.5, 0.6) is 0 Å². The van der Waals surface area contributed by atoms with Gasteiger partial charge in [-0.3, -0.25) is 4.79 Å². The quantitative estimate of drug-likeness (QED) is 0.772. The van der Waals surface area contributed by atoms with E-state index in [0.717, 1.165) is 17.8 Å². The molecule has 0 aliphatic rings. The fourth-order valence-electron chi connectivity index (χ4n) is 1.41. The molecule has 0 atom stereocenters. The highest BCUT2D eigenvalue weighted by atomic mass is 16.1. The number of hydrogen-bond donors (Lipinski definition) is 2. The van der Waals surface area contributed by atoms with E-state index < -0.39 is 0 Å². The highest BCUT2D eigenvalue weighted by molar-refractivity contribution is 5.77. The minimum absolute atomic E-state index is 0.0311. The molecule has 1 amide bonds. The van der Waals surface area contributed by atoms with E-state index in [0.29, 0.717) is 13.1 Å². The second kappa shape index (κ2) is 6.91. The van der Waals surface area contributed by atoms with Gasteiger partial charge >= 0.3 is 0 Å². The number of nitrogens with zero attached hydrogens (tertiary/aromatic N) is 1. The maximum atomic E-state index is 11.4. The summed E-state index contributed by atoms with van der Waals surface area (Å²) in [7, 11) is 4.01. The van der Waals surface area contributed by atoms with E-state index in [1.807, 2.05) is 50.2 Å². The van der Waals surface area contributed by atoms with Crippen LogP contribution in [-0.4, -0.2) is 33.1 Å². The van der Waals surface area contributed by atoms with Gasteiger partial charge in [-0.2, -0.15) is 0 Å². The van der Waals surface area contributed by atoms with Gasteiger partial charge in [0, 0.05) is 26.3 Å². The van der Waals surface area contributed by atoms with Crippen LogP contribution in [0.4, 0.5) is 5.69 Å². The van der Waals surface area contributed by atoms with Crippen LogP contribution in [0.3, 0.4) is 0 Å². The molecule has 0 radical (unpaired) electrons. The largest absolute Gasteiger partial charge is 0.378 e. The van der Waals surface area contributed by atoms with Crippen LogP contribution in [0.1, 0.15) is 12.5 Å². The third kappa shape index (κ3) is 4.87. The summed E-state index contributed by atoms with van der Waals surface area (Å²) < 4.78 is 0. The summed E-state index contributed by atoms with van der Waals surface area (Å²) in [5, 5.41) is 5.86. The average Bonchev–Trinajstić information content (AvgIpc) is 2.34. The van der Waals surface area contributed by atoms with Crippen molar-refractivity contribution in [2.24, 2.45) is 0 Å². The number of anilines is 1. The van der Waals surface area contributed by atoms with E-state index in [4.69, 9.17) is 0 Å². The molecule has 0 saturated heterocycles. The van der Waals surface area contributed by atoms with E-state index >= 15 is 0 Å². The molecule has 0 heterocycles. The molecule has 0 fully saturated rings. The lowest BCUT2D eigenvalue weighted by Gasteiger charge is -2.13. The summed E-state index contributed by atoms with van der Waals surface area (Å²) in [6.45, 7) is 3.75. The van der Waals surface area contributed by atoms with Gasteiger partial charge in [0.1, 0.15) is 0 Å². The topological polar surface area (TPSA) is 44.4 Å². The molecule has 0 aliphatic carbocycles. The lowest BCUT2D eigenvalue weighted by atomic mass is 10.2. The van der Waals surface area contributed by atoms with Crippen LogP contribution in [0, 0.1) is 0 Å². The zero-order chi connectivity index (χ0) is 12.7. The molecule has 4 nitrogen and oxygen atoms in total. The summed E-state index contributed by atoms with van der Waals surface area (Å²) in [5.74, 6) is 0.0311. The maximum absolute atomic E-state index is 11.4. The number of amides is 1. The first-order chi connectivity index (χ1) is 8.13. The molecule has 4 heteroatoms. The van der Waals surface area contributed by atoms with Crippen molar-refractivity contribution in [1.82, 2.24) is 10.6 Å². The van der Waals surface area contributed by atoms with Crippen LogP contribution in [0.2, 0.25) is 0 Å². The molecule has 1 aromatic carbocycles. The van der Waals surface area contributed by atoms with Crippen LogP contribution < -0.4 is 15.5 Å². The summed E-state index contributed by atoms with van der Waals surface area (Å²) in [6, 6.07) is 8.16. The molecule has 17 heavy (non-hydrogen) atoms. The van der Waals surface area contributed by atoms with Gasteiger partial charge in [-0.1, -0.05) is 19.1 Å². The standard InChI is InChI=1S/C13H21N3O/c1-4-14-10-13(17)15-9-11-5-7-12(8-6-11)16(2)3/h5-8,14H,4,9-10H2,1-3H3,(H,15,17). The lowest BCUT2D eigenvalue weighted by molar-refractivity contribution is -0.120. The minimum atomic E-state index is 0.0311. The van der Waals surface area contributed by atoms with Gasteiger partial charge in [0.25, 0.3) is 0 Å². The van der Waals surface area contributed by atoms with Gasteiger partial charge in [-0.05, 0) is 24.2 Å². The van der Waals surface area contributed by atoms with Crippen LogP contribution >= 0.6 is 0 Å². The Morgan fingerprint density at radius 1 is 1.24 bits per heavy atom. The molecule has 1 aromatic rings. The zero-order valence-electron chi connectivity index (χ0n) is 10.8. The monoisotopic (exact) mass is 235 g/mol. The van der Waals surface area contributed by atoms with Gasteiger partial charge in [0.15, 0.2) is 0 Å². The first-order valence-electron chi connectivity index (χ1n) is 5.87. The lowest BCUT2D eigenvalue weighted by Crippen LogP contribution is -2.33. The smallest absolute Gasteiger partial charge is 0.234 e. The predicted octanol–water partition coefficient (Wildman–Crippen LogP) is 0.978. The Labute approximate surface area is 103 Å². The highest BCUT2D eigenvalue weighted by Gasteiger charge is 2.00. The Morgan fingerprint density at radius 3 is 2.41 bits per heavy atom. The van der Waals surface area contributed by atoms with Gasteiger partial charge in [0.2, 0.25) is 5.91 Å². The molecule has 0 bridgehead atoms. The van der Waals surface area contributed by atoms with Crippen LogP contribution in [0.25, 0.3) is 0 Å². The van der Waals surface area contributed by atoms with Crippen molar-refractivity contribution in [1.29, 1.82) is 0 Å². The molecule has 94 valence electrons. The SMILES string of the molecule is CCNCC(=O)NCc1ccc(N(C)C)cc1. The molecule has 0 aromatic heterocycles. The maximum Gasteiger partial charge on any atom is 0.234 e. The van der Waals surface area contributed by atoms with Gasteiger partial charge in [-0.25, -0.2) is 0 Å². The number of likely N-dealkylation sites (N-methyl/N-ethyl adjacent to an activating group) is 1. The van der Waals surface area contributed by atoms with E-state index in [9.17, 15) is 4.79 Å². The zero-order valence-corrected chi connectivity index (χ0v) is 10.8. The third-order valence-corrected chi connectivity index (χ3v) is 2.48. The number of hydrogen-bond acceptors (Lipinski definition) is 3. The van der Waals surface area contributed by atoms with E-state index in [2.05, 4.69) is 10.6 Å². The van der Waals surface area contributed by atoms with Crippen molar-refractivity contribution < 1.29 is 4.79 Å². The summed E-state index contributed by atoms with van der Waals surface area (Å²) in [6.07, 6.45) is 0. The Hall–Kier alpha value is -1.55. The Morgan fingerprint density at radius 2 is 1.88 bits per heavy atom. The van der Waals surface area contributed by atoms with Crippen LogP contribution in [0.15, 0.2) is 24.3 Å². The molecule has 2 N–H and O–H groups in total. The van der Waals surface area contributed by atoms with Gasteiger partial charge < -0.3 is 15.5 Å².